The number of para-hydroxylation sites is 1. The second-order valence-electron chi connectivity index (χ2n) is 5.38. The lowest BCUT2D eigenvalue weighted by Crippen LogP contribution is -2.25. The Hall–Kier alpha value is -1.80. The first kappa shape index (κ1) is 13.2. The van der Waals surface area contributed by atoms with Crippen molar-refractivity contribution in [3.63, 3.8) is 0 Å². The van der Waals surface area contributed by atoms with Gasteiger partial charge in [-0.15, -0.1) is 0 Å². The third-order valence-electron chi connectivity index (χ3n) is 4.03. The Kier molecular flexibility index (Phi) is 4.03. The van der Waals surface area contributed by atoms with Crippen molar-refractivity contribution in [3.05, 3.63) is 65.2 Å². The first-order chi connectivity index (χ1) is 9.86. The molecule has 2 aromatic rings. The van der Waals surface area contributed by atoms with Gasteiger partial charge in [0.15, 0.2) is 0 Å². The van der Waals surface area contributed by atoms with Gasteiger partial charge in [-0.05, 0) is 48.7 Å². The zero-order valence-corrected chi connectivity index (χ0v) is 12.1. The van der Waals surface area contributed by atoms with Crippen LogP contribution in [0.5, 0.6) is 0 Å². The minimum absolute atomic E-state index is 0.980. The minimum atomic E-state index is 0.980. The molecule has 1 aliphatic rings. The maximum Gasteiger partial charge on any atom is 0.0429 e. The van der Waals surface area contributed by atoms with E-state index in [1.165, 1.54) is 22.4 Å². The van der Waals surface area contributed by atoms with Crippen molar-refractivity contribution in [2.75, 3.05) is 18.0 Å². The van der Waals surface area contributed by atoms with E-state index in [1.54, 1.807) is 0 Å². The molecule has 2 nitrogen and oxygen atoms in total. The van der Waals surface area contributed by atoms with Crippen molar-refractivity contribution < 1.29 is 0 Å². The van der Waals surface area contributed by atoms with Crippen molar-refractivity contribution >= 4 is 5.69 Å². The lowest BCUT2D eigenvalue weighted by atomic mass is 9.98. The van der Waals surface area contributed by atoms with Gasteiger partial charge in [0.25, 0.3) is 0 Å². The van der Waals surface area contributed by atoms with Crippen LogP contribution >= 0.6 is 0 Å². The molecule has 104 valence electrons. The number of hydrogen-bond donors (Lipinski definition) is 1. The number of nitrogens with one attached hydrogen (secondary N) is 1. The predicted molar refractivity (Wildman–Crippen MR) is 85.0 cm³/mol. The molecule has 20 heavy (non-hydrogen) atoms. The molecule has 0 atom stereocenters. The summed E-state index contributed by atoms with van der Waals surface area (Å²) in [7, 11) is 0. The fourth-order valence-electron chi connectivity index (χ4n) is 2.88. The van der Waals surface area contributed by atoms with Crippen LogP contribution in [0.1, 0.15) is 23.6 Å². The van der Waals surface area contributed by atoms with Crippen LogP contribution in [-0.2, 0) is 19.5 Å². The molecule has 1 N–H and O–H groups in total. The van der Waals surface area contributed by atoms with Gasteiger partial charge in [-0.1, -0.05) is 36.4 Å². The average molecular weight is 266 g/mol. The highest BCUT2D eigenvalue weighted by Crippen LogP contribution is 2.20. The summed E-state index contributed by atoms with van der Waals surface area (Å²) in [4.78, 5) is 2.41. The molecule has 0 fully saturated rings. The van der Waals surface area contributed by atoms with Crippen LogP contribution in [0.25, 0.3) is 0 Å². The van der Waals surface area contributed by atoms with Crippen LogP contribution in [0.3, 0.4) is 0 Å². The number of benzene rings is 2. The molecule has 2 aromatic carbocycles. The third kappa shape index (κ3) is 2.86. The largest absolute Gasteiger partial charge is 0.367 e. The van der Waals surface area contributed by atoms with Crippen molar-refractivity contribution in [1.29, 1.82) is 0 Å². The lowest BCUT2D eigenvalue weighted by molar-refractivity contribution is 0.642. The number of fused-ring (bicyclic) bond motifs is 1. The summed E-state index contributed by atoms with van der Waals surface area (Å²) in [6.07, 6.45) is 1.16. The van der Waals surface area contributed by atoms with Gasteiger partial charge >= 0.3 is 0 Å². The van der Waals surface area contributed by atoms with Crippen molar-refractivity contribution in [1.82, 2.24) is 5.32 Å². The molecule has 1 aliphatic heterocycles. The molecule has 3 rings (SSSR count). The Morgan fingerprint density at radius 1 is 1.05 bits per heavy atom. The van der Waals surface area contributed by atoms with E-state index in [4.69, 9.17) is 0 Å². The summed E-state index contributed by atoms with van der Waals surface area (Å²) >= 11 is 0. The summed E-state index contributed by atoms with van der Waals surface area (Å²) in [5.74, 6) is 0. The molecule has 0 saturated heterocycles. The monoisotopic (exact) mass is 266 g/mol. The summed E-state index contributed by atoms with van der Waals surface area (Å²) in [5, 5.41) is 3.45. The highest BCUT2D eigenvalue weighted by atomic mass is 15.1. The third-order valence-corrected chi connectivity index (χ3v) is 4.03. The van der Waals surface area contributed by atoms with Crippen LogP contribution in [0.15, 0.2) is 48.5 Å². The number of nitrogens with zero attached hydrogens (tertiary/aromatic N) is 1. The van der Waals surface area contributed by atoms with Crippen LogP contribution in [0, 0.1) is 0 Å². The smallest absolute Gasteiger partial charge is 0.0429 e. The zero-order chi connectivity index (χ0) is 13.8. The van der Waals surface area contributed by atoms with E-state index in [2.05, 4.69) is 65.7 Å². The first-order valence-electron chi connectivity index (χ1n) is 7.48. The van der Waals surface area contributed by atoms with Gasteiger partial charge in [-0.2, -0.15) is 0 Å². The molecule has 0 saturated carbocycles. The maximum atomic E-state index is 3.45. The zero-order valence-electron chi connectivity index (χ0n) is 12.1. The summed E-state index contributed by atoms with van der Waals surface area (Å²) in [6.45, 7) is 6.35. The summed E-state index contributed by atoms with van der Waals surface area (Å²) < 4.78 is 0. The fourth-order valence-corrected chi connectivity index (χ4v) is 2.88. The molecular formula is C18H22N2. The van der Waals surface area contributed by atoms with E-state index in [9.17, 15) is 0 Å². The molecule has 0 bridgehead atoms. The fraction of sp³-hybridized carbons (Fsp3) is 0.333. The van der Waals surface area contributed by atoms with Gasteiger partial charge < -0.3 is 10.2 Å². The maximum absolute atomic E-state index is 3.45. The van der Waals surface area contributed by atoms with E-state index >= 15 is 0 Å². The van der Waals surface area contributed by atoms with Crippen molar-refractivity contribution in [3.8, 4) is 0 Å². The first-order valence-corrected chi connectivity index (χ1v) is 7.48. The molecule has 2 heteroatoms. The van der Waals surface area contributed by atoms with E-state index < -0.39 is 0 Å². The number of hydrogen-bond acceptors (Lipinski definition) is 2. The highest BCUT2D eigenvalue weighted by Gasteiger charge is 2.10. The van der Waals surface area contributed by atoms with E-state index in [0.717, 1.165) is 32.6 Å². The summed E-state index contributed by atoms with van der Waals surface area (Å²) in [6, 6.07) is 17.6. The van der Waals surface area contributed by atoms with Gasteiger partial charge in [-0.25, -0.2) is 0 Å². The Labute approximate surface area is 121 Å². The molecule has 0 aliphatic carbocycles. The topological polar surface area (TPSA) is 15.3 Å². The standard InChI is InChI=1S/C18H22N2/c1-2-20(18-6-4-3-5-7-18)14-15-8-9-16-10-11-19-13-17(16)12-15/h3-9,12,19H,2,10-11,13-14H2,1H3. The predicted octanol–water partition coefficient (Wildman–Crippen LogP) is 3.36. The minimum Gasteiger partial charge on any atom is -0.367 e. The lowest BCUT2D eigenvalue weighted by Gasteiger charge is -2.24. The van der Waals surface area contributed by atoms with Crippen LogP contribution < -0.4 is 10.2 Å². The quantitative estimate of drug-likeness (QED) is 0.913. The van der Waals surface area contributed by atoms with Gasteiger partial charge in [0.05, 0.1) is 0 Å². The van der Waals surface area contributed by atoms with Crippen molar-refractivity contribution in [2.45, 2.75) is 26.4 Å². The average Bonchev–Trinajstić information content (AvgIpc) is 2.53. The molecular weight excluding hydrogens is 244 g/mol. The molecule has 0 amide bonds. The molecule has 1 heterocycles. The SMILES string of the molecule is CCN(Cc1ccc2c(c1)CNCC2)c1ccccc1. The van der Waals surface area contributed by atoms with Gasteiger partial charge in [0.2, 0.25) is 0 Å². The normalized spacial score (nSPS) is 13.8. The second-order valence-corrected chi connectivity index (χ2v) is 5.38. The number of anilines is 1. The molecule has 0 radical (unpaired) electrons. The summed E-state index contributed by atoms with van der Waals surface area (Å²) in [5.41, 5.74) is 5.68. The Morgan fingerprint density at radius 3 is 2.70 bits per heavy atom. The van der Waals surface area contributed by atoms with Gasteiger partial charge in [0.1, 0.15) is 0 Å². The van der Waals surface area contributed by atoms with Gasteiger partial charge in [0, 0.05) is 25.3 Å². The molecule has 0 spiro atoms. The number of rotatable bonds is 4. The van der Waals surface area contributed by atoms with E-state index in [0.29, 0.717) is 0 Å². The van der Waals surface area contributed by atoms with Crippen LogP contribution in [0.2, 0.25) is 0 Å². The van der Waals surface area contributed by atoms with Gasteiger partial charge in [-0.3, -0.25) is 0 Å². The van der Waals surface area contributed by atoms with Crippen LogP contribution in [-0.4, -0.2) is 13.1 Å². The Morgan fingerprint density at radius 2 is 1.90 bits per heavy atom. The Bertz CT molecular complexity index is 563. The van der Waals surface area contributed by atoms with E-state index in [-0.39, 0.29) is 0 Å². The van der Waals surface area contributed by atoms with E-state index in [1.807, 2.05) is 0 Å². The molecule has 0 aromatic heterocycles. The molecule has 0 unspecified atom stereocenters. The highest BCUT2D eigenvalue weighted by molar-refractivity contribution is 5.47. The Balaban J connectivity index is 1.79. The second kappa shape index (κ2) is 6.10. The van der Waals surface area contributed by atoms with Crippen molar-refractivity contribution in [2.24, 2.45) is 0 Å². The van der Waals surface area contributed by atoms with Crippen LogP contribution in [0.4, 0.5) is 5.69 Å².